The summed E-state index contributed by atoms with van der Waals surface area (Å²) in [6.07, 6.45) is 2.13. The molecule has 1 N–H and O–H groups in total. The normalized spacial score (nSPS) is 10.8. The summed E-state index contributed by atoms with van der Waals surface area (Å²) < 4.78 is 21.6. The summed E-state index contributed by atoms with van der Waals surface area (Å²) in [4.78, 5) is 24.0. The number of benzene rings is 4. The van der Waals surface area contributed by atoms with Gasteiger partial charge in [0, 0.05) is 12.7 Å². The molecular weight excluding hydrogens is 544 g/mol. The van der Waals surface area contributed by atoms with Crippen LogP contribution in [-0.2, 0) is 25.5 Å². The lowest BCUT2D eigenvalue weighted by atomic mass is 9.95. The van der Waals surface area contributed by atoms with E-state index in [9.17, 15) is 9.59 Å². The number of aliphatic hydroxyl groups is 1. The molecule has 222 valence electrons. The van der Waals surface area contributed by atoms with Crippen LogP contribution in [0.15, 0.2) is 103 Å². The van der Waals surface area contributed by atoms with Crippen LogP contribution in [0.4, 0.5) is 0 Å². The summed E-state index contributed by atoms with van der Waals surface area (Å²) >= 11 is 0. The first kappa shape index (κ1) is 31.2. The van der Waals surface area contributed by atoms with E-state index < -0.39 is 18.5 Å². The van der Waals surface area contributed by atoms with E-state index in [0.29, 0.717) is 11.5 Å². The molecule has 0 aliphatic rings. The zero-order valence-electron chi connectivity index (χ0n) is 24.6. The lowest BCUT2D eigenvalue weighted by Crippen LogP contribution is -2.15. The van der Waals surface area contributed by atoms with Crippen molar-refractivity contribution in [3.05, 3.63) is 109 Å². The smallest absolute Gasteiger partial charge is 0.341 e. The topological polar surface area (TPSA) is 91.3 Å². The summed E-state index contributed by atoms with van der Waals surface area (Å²) in [5, 5.41) is 11.4. The third-order valence-corrected chi connectivity index (χ3v) is 6.79. The van der Waals surface area contributed by atoms with Gasteiger partial charge in [-0.2, -0.15) is 0 Å². The van der Waals surface area contributed by atoms with Crippen LogP contribution in [0.5, 0.6) is 11.5 Å². The number of carbonyl (C=O) groups is 2. The number of hydrogen-bond acceptors (Lipinski definition) is 7. The molecule has 0 spiro atoms. The molecule has 0 radical (unpaired) electrons. The molecule has 4 rings (SSSR count). The predicted octanol–water partition coefficient (Wildman–Crippen LogP) is 6.70. The average Bonchev–Trinajstić information content (AvgIpc) is 3.03. The maximum Gasteiger partial charge on any atom is 0.341 e. The molecule has 0 amide bonds. The van der Waals surface area contributed by atoms with Gasteiger partial charge in [-0.3, -0.25) is 0 Å². The van der Waals surface area contributed by atoms with E-state index >= 15 is 0 Å². The Labute approximate surface area is 252 Å². The van der Waals surface area contributed by atoms with Gasteiger partial charge in [-0.25, -0.2) is 9.59 Å². The Morgan fingerprint density at radius 3 is 2.19 bits per heavy atom. The Morgan fingerprint density at radius 2 is 1.47 bits per heavy atom. The molecule has 0 saturated heterocycles. The minimum Gasteiger partial charge on any atom is -0.489 e. The average molecular weight is 581 g/mol. The molecule has 0 aliphatic heterocycles. The minimum absolute atomic E-state index is 0.0176. The van der Waals surface area contributed by atoms with Crippen molar-refractivity contribution in [3.63, 3.8) is 0 Å². The first-order chi connectivity index (χ1) is 20.8. The molecule has 0 aromatic heterocycles. The van der Waals surface area contributed by atoms with Gasteiger partial charge in [0.25, 0.3) is 0 Å². The van der Waals surface area contributed by atoms with Gasteiger partial charge in [-0.1, -0.05) is 75.0 Å². The number of fused-ring (bicyclic) bond motifs is 1. The Kier molecular flexibility index (Phi) is 10.9. The van der Waals surface area contributed by atoms with E-state index in [1.165, 1.54) is 18.1 Å². The summed E-state index contributed by atoms with van der Waals surface area (Å²) in [5.74, 6) is -0.201. The fourth-order valence-corrected chi connectivity index (χ4v) is 4.55. The van der Waals surface area contributed by atoms with E-state index in [0.717, 1.165) is 40.5 Å². The summed E-state index contributed by atoms with van der Waals surface area (Å²) in [6, 6.07) is 25.8. The Hall–Kier alpha value is -4.72. The SMILES string of the molecule is C=C(COC)C(=O)OCCOc1ccc(-c2ccc(OC(=O)C(=C)CO)cc2)cc1-c1ccc2cc(CCC)ccc2c1. The van der Waals surface area contributed by atoms with Crippen molar-refractivity contribution < 1.29 is 33.6 Å². The van der Waals surface area contributed by atoms with Crippen LogP contribution in [0.2, 0.25) is 0 Å². The van der Waals surface area contributed by atoms with Crippen LogP contribution < -0.4 is 9.47 Å². The zero-order valence-corrected chi connectivity index (χ0v) is 24.6. The second kappa shape index (κ2) is 15.0. The maximum absolute atomic E-state index is 12.1. The van der Waals surface area contributed by atoms with Gasteiger partial charge in [0.15, 0.2) is 0 Å². The van der Waals surface area contributed by atoms with Crippen molar-refractivity contribution in [3.8, 4) is 33.8 Å². The van der Waals surface area contributed by atoms with Gasteiger partial charge in [0.2, 0.25) is 0 Å². The molecule has 0 bridgehead atoms. The van der Waals surface area contributed by atoms with Crippen LogP contribution >= 0.6 is 0 Å². The number of methoxy groups -OCH3 is 1. The first-order valence-electron chi connectivity index (χ1n) is 14.1. The van der Waals surface area contributed by atoms with Crippen LogP contribution in [0.3, 0.4) is 0 Å². The Morgan fingerprint density at radius 1 is 0.767 bits per heavy atom. The van der Waals surface area contributed by atoms with Crippen LogP contribution in [0.1, 0.15) is 18.9 Å². The van der Waals surface area contributed by atoms with Crippen molar-refractivity contribution in [1.82, 2.24) is 0 Å². The van der Waals surface area contributed by atoms with Gasteiger partial charge in [0.1, 0.15) is 24.7 Å². The molecule has 7 nitrogen and oxygen atoms in total. The standard InChI is InChI=1S/C36H36O7/c1-5-6-26-7-8-29-20-31(10-9-28(29)19-26)33-21-30(27-11-14-32(15-12-27)43-36(39)24(2)22-37)13-16-34(33)41-17-18-42-35(38)25(3)23-40-4/h7-16,19-21,37H,2-3,5-6,17-18,22-23H2,1,4H3. The summed E-state index contributed by atoms with van der Waals surface area (Å²) in [5.41, 5.74) is 5.23. The highest BCUT2D eigenvalue weighted by molar-refractivity contribution is 5.91. The van der Waals surface area contributed by atoms with E-state index in [-0.39, 0.29) is 31.0 Å². The summed E-state index contributed by atoms with van der Waals surface area (Å²) in [6.45, 7) is 9.19. The molecule has 4 aromatic carbocycles. The number of rotatable bonds is 14. The number of carbonyl (C=O) groups excluding carboxylic acids is 2. The highest BCUT2D eigenvalue weighted by atomic mass is 16.6. The second-order valence-corrected chi connectivity index (χ2v) is 10.1. The molecule has 0 fully saturated rings. The molecule has 0 heterocycles. The maximum atomic E-state index is 12.1. The fourth-order valence-electron chi connectivity index (χ4n) is 4.55. The monoisotopic (exact) mass is 580 g/mol. The van der Waals surface area contributed by atoms with E-state index in [4.69, 9.17) is 24.1 Å². The number of aryl methyl sites for hydroxylation is 1. The third kappa shape index (κ3) is 8.19. The van der Waals surface area contributed by atoms with E-state index in [1.807, 2.05) is 30.3 Å². The van der Waals surface area contributed by atoms with Crippen molar-refractivity contribution in [1.29, 1.82) is 0 Å². The van der Waals surface area contributed by atoms with Crippen molar-refractivity contribution >= 4 is 22.7 Å². The first-order valence-corrected chi connectivity index (χ1v) is 14.1. The number of ether oxygens (including phenoxy) is 4. The third-order valence-electron chi connectivity index (χ3n) is 6.79. The lowest BCUT2D eigenvalue weighted by molar-refractivity contribution is -0.140. The Bertz CT molecular complexity index is 1620. The van der Waals surface area contributed by atoms with Crippen LogP contribution in [-0.4, -0.2) is 50.6 Å². The van der Waals surface area contributed by atoms with Gasteiger partial charge < -0.3 is 24.1 Å². The van der Waals surface area contributed by atoms with E-state index in [1.54, 1.807) is 12.1 Å². The van der Waals surface area contributed by atoms with Crippen molar-refractivity contribution in [2.45, 2.75) is 19.8 Å². The molecule has 43 heavy (non-hydrogen) atoms. The van der Waals surface area contributed by atoms with Gasteiger partial charge >= 0.3 is 11.9 Å². The largest absolute Gasteiger partial charge is 0.489 e. The van der Waals surface area contributed by atoms with Gasteiger partial charge in [0.05, 0.1) is 24.4 Å². The minimum atomic E-state index is -0.675. The lowest BCUT2D eigenvalue weighted by Gasteiger charge is -2.15. The predicted molar refractivity (Wildman–Crippen MR) is 168 cm³/mol. The van der Waals surface area contributed by atoms with Crippen molar-refractivity contribution in [2.24, 2.45) is 0 Å². The van der Waals surface area contributed by atoms with Gasteiger partial charge in [-0.05, 0) is 69.8 Å². The van der Waals surface area contributed by atoms with Gasteiger partial charge in [-0.15, -0.1) is 0 Å². The van der Waals surface area contributed by atoms with Crippen LogP contribution in [0, 0.1) is 0 Å². The fraction of sp³-hybridized carbons (Fsp3) is 0.222. The van der Waals surface area contributed by atoms with Crippen molar-refractivity contribution in [2.75, 3.05) is 33.5 Å². The number of esters is 2. The highest BCUT2D eigenvalue weighted by Crippen LogP contribution is 2.36. The summed E-state index contributed by atoms with van der Waals surface area (Å²) in [7, 11) is 1.49. The molecule has 7 heteroatoms. The highest BCUT2D eigenvalue weighted by Gasteiger charge is 2.13. The quantitative estimate of drug-likeness (QED) is 0.0768. The van der Waals surface area contributed by atoms with E-state index in [2.05, 4.69) is 56.5 Å². The molecule has 4 aromatic rings. The Balaban J connectivity index is 1.61. The number of hydrogen-bond donors (Lipinski definition) is 1. The molecular formula is C36H36O7. The molecule has 0 saturated carbocycles. The second-order valence-electron chi connectivity index (χ2n) is 10.1. The van der Waals surface area contributed by atoms with Crippen LogP contribution in [0.25, 0.3) is 33.0 Å². The zero-order chi connectivity index (χ0) is 30.8. The number of aliphatic hydroxyl groups excluding tert-OH is 1. The molecule has 0 unspecified atom stereocenters. The molecule has 0 atom stereocenters. The molecule has 0 aliphatic carbocycles.